The lowest BCUT2D eigenvalue weighted by molar-refractivity contribution is -0.121. The molecule has 5 rings (SSSR count). The molecule has 0 aliphatic heterocycles. The molecule has 0 radical (unpaired) electrons. The summed E-state index contributed by atoms with van der Waals surface area (Å²) in [6.45, 7) is 2.02. The van der Waals surface area contributed by atoms with Crippen molar-refractivity contribution in [1.82, 2.24) is 30.8 Å². The largest absolute Gasteiger partial charge is 0.493 e. The average molecular weight is 628 g/mol. The van der Waals surface area contributed by atoms with Crippen LogP contribution in [-0.2, 0) is 22.6 Å². The molecule has 2 amide bonds. The molecule has 1 aromatic heterocycles. The molecule has 1 atom stereocenters. The van der Waals surface area contributed by atoms with Crippen LogP contribution in [-0.4, -0.2) is 59.9 Å². The molecular weight excluding hydrogens is 590 g/mol. The highest BCUT2D eigenvalue weighted by molar-refractivity contribution is 5.84. The topological polar surface area (TPSA) is 159 Å². The van der Waals surface area contributed by atoms with Gasteiger partial charge < -0.3 is 30.2 Å². The van der Waals surface area contributed by atoms with Gasteiger partial charge >= 0.3 is 0 Å². The summed E-state index contributed by atoms with van der Waals surface area (Å²) in [4.78, 5) is 38.2. The van der Waals surface area contributed by atoms with Crippen LogP contribution in [0.2, 0.25) is 0 Å². The standard InChI is InChI=1S/C33H37N7O6/c1-20(41)36-25-14-12-21-17-28(44-2)32(45-3)33(46-4)31(21)23-13-15-26(27(42)18-24(23)25)34-16-8-11-30(43)35-19-29-37-38-39-40(29)22-9-6-5-7-10-22/h5-7,9-10,13,15,17-18,25H,8,11-12,14,16,19H2,1-4H3,(H,34,42)(H,35,43)(H,36,41)/t25-/m0/s1. The van der Waals surface area contributed by atoms with Gasteiger partial charge in [-0.15, -0.1) is 5.10 Å². The zero-order chi connectivity index (χ0) is 32.6. The fourth-order valence-electron chi connectivity index (χ4n) is 5.68. The summed E-state index contributed by atoms with van der Waals surface area (Å²) in [6.07, 6.45) is 1.89. The highest BCUT2D eigenvalue weighted by Crippen LogP contribution is 2.50. The molecule has 1 aliphatic carbocycles. The predicted molar refractivity (Wildman–Crippen MR) is 171 cm³/mol. The average Bonchev–Trinajstić information content (AvgIpc) is 3.42. The highest BCUT2D eigenvalue weighted by atomic mass is 16.5. The van der Waals surface area contributed by atoms with Crippen molar-refractivity contribution < 1.29 is 23.8 Å². The molecular formula is C33H37N7O6. The van der Waals surface area contributed by atoms with Crippen LogP contribution in [0.15, 0.2) is 59.4 Å². The number of methoxy groups -OCH3 is 3. The lowest BCUT2D eigenvalue weighted by atomic mass is 9.95. The summed E-state index contributed by atoms with van der Waals surface area (Å²) in [7, 11) is 4.67. The summed E-state index contributed by atoms with van der Waals surface area (Å²) < 4.78 is 18.6. The summed E-state index contributed by atoms with van der Waals surface area (Å²) in [5.41, 5.74) is 4.07. The number of nitrogens with zero attached hydrogens (tertiary/aromatic N) is 4. The summed E-state index contributed by atoms with van der Waals surface area (Å²) >= 11 is 0. The number of hydrogen-bond donors (Lipinski definition) is 3. The van der Waals surface area contributed by atoms with Gasteiger partial charge in [0, 0.05) is 25.5 Å². The van der Waals surface area contributed by atoms with Crippen LogP contribution in [0.3, 0.4) is 0 Å². The van der Waals surface area contributed by atoms with Crippen LogP contribution >= 0.6 is 0 Å². The van der Waals surface area contributed by atoms with Crippen molar-refractivity contribution in [2.75, 3.05) is 33.2 Å². The van der Waals surface area contributed by atoms with Crippen molar-refractivity contribution >= 4 is 17.5 Å². The molecule has 3 N–H and O–H groups in total. The van der Waals surface area contributed by atoms with E-state index >= 15 is 0 Å². The molecule has 0 bridgehead atoms. The van der Waals surface area contributed by atoms with Gasteiger partial charge in [0.1, 0.15) is 0 Å². The fourth-order valence-corrected chi connectivity index (χ4v) is 5.68. The zero-order valence-electron chi connectivity index (χ0n) is 26.3. The minimum Gasteiger partial charge on any atom is -0.493 e. The number of aryl methyl sites for hydroxylation is 1. The molecule has 0 unspecified atom stereocenters. The van der Waals surface area contributed by atoms with Crippen molar-refractivity contribution in [2.45, 2.75) is 45.2 Å². The Morgan fingerprint density at radius 3 is 2.50 bits per heavy atom. The number of fused-ring (bicyclic) bond motifs is 3. The molecule has 46 heavy (non-hydrogen) atoms. The van der Waals surface area contributed by atoms with E-state index in [2.05, 4.69) is 31.5 Å². The quantitative estimate of drug-likeness (QED) is 0.199. The smallest absolute Gasteiger partial charge is 0.220 e. The van der Waals surface area contributed by atoms with Crippen LogP contribution < -0.4 is 35.6 Å². The molecule has 0 spiro atoms. The van der Waals surface area contributed by atoms with E-state index in [-0.39, 0.29) is 30.2 Å². The van der Waals surface area contributed by atoms with E-state index in [1.807, 2.05) is 42.5 Å². The number of carbonyl (C=O) groups is 2. The second-order valence-electron chi connectivity index (χ2n) is 10.7. The van der Waals surface area contributed by atoms with Gasteiger partial charge in [-0.2, -0.15) is 4.68 Å². The van der Waals surface area contributed by atoms with Gasteiger partial charge in [-0.3, -0.25) is 14.4 Å². The van der Waals surface area contributed by atoms with E-state index in [9.17, 15) is 14.4 Å². The van der Waals surface area contributed by atoms with Crippen molar-refractivity contribution in [3.8, 4) is 34.1 Å². The monoisotopic (exact) mass is 627 g/mol. The first-order chi connectivity index (χ1) is 22.3. The number of nitrogens with one attached hydrogen (secondary N) is 3. The third-order valence-electron chi connectivity index (χ3n) is 7.79. The van der Waals surface area contributed by atoms with Crippen molar-refractivity contribution in [2.24, 2.45) is 0 Å². The van der Waals surface area contributed by atoms with Crippen LogP contribution in [0.5, 0.6) is 17.2 Å². The van der Waals surface area contributed by atoms with Crippen LogP contribution in [0.4, 0.5) is 5.69 Å². The Balaban J connectivity index is 1.32. The maximum atomic E-state index is 13.5. The van der Waals surface area contributed by atoms with Gasteiger partial charge in [0.05, 0.1) is 45.3 Å². The molecule has 0 saturated carbocycles. The SMILES string of the molecule is COc1cc2c(c(OC)c1OC)-c1ccc(NCCCC(=O)NCc3nnnn3-c3ccccc3)c(=O)cc1[C@@H](NC(C)=O)CC2. The van der Waals surface area contributed by atoms with Gasteiger partial charge in [-0.1, -0.05) is 24.3 Å². The van der Waals surface area contributed by atoms with E-state index < -0.39 is 6.04 Å². The number of anilines is 1. The van der Waals surface area contributed by atoms with Crippen LogP contribution in [0, 0.1) is 0 Å². The van der Waals surface area contributed by atoms with Gasteiger partial charge in [0.2, 0.25) is 23.0 Å². The molecule has 1 heterocycles. The van der Waals surface area contributed by atoms with Crippen molar-refractivity contribution in [3.63, 3.8) is 0 Å². The summed E-state index contributed by atoms with van der Waals surface area (Å²) in [5.74, 6) is 1.61. The Hall–Kier alpha value is -5.46. The number of para-hydroxylation sites is 1. The first-order valence-electron chi connectivity index (χ1n) is 14.9. The van der Waals surface area contributed by atoms with Crippen LogP contribution in [0.1, 0.15) is 49.2 Å². The Morgan fingerprint density at radius 2 is 1.78 bits per heavy atom. The number of benzene rings is 2. The zero-order valence-corrected chi connectivity index (χ0v) is 26.3. The highest BCUT2D eigenvalue weighted by Gasteiger charge is 2.29. The van der Waals surface area contributed by atoms with Gasteiger partial charge in [0.25, 0.3) is 0 Å². The molecule has 0 saturated heterocycles. The van der Waals surface area contributed by atoms with E-state index in [1.54, 1.807) is 38.1 Å². The number of rotatable bonds is 12. The fraction of sp³-hybridized carbons (Fsp3) is 0.333. The minimum absolute atomic E-state index is 0.164. The number of tetrazole rings is 1. The Kier molecular flexibility index (Phi) is 10.1. The third-order valence-corrected chi connectivity index (χ3v) is 7.79. The van der Waals surface area contributed by atoms with Gasteiger partial charge in [0.15, 0.2) is 17.3 Å². The number of carbonyl (C=O) groups excluding carboxylic acids is 2. The normalized spacial score (nSPS) is 13.4. The van der Waals surface area contributed by atoms with E-state index in [4.69, 9.17) is 14.2 Å². The number of amides is 2. The Morgan fingerprint density at radius 1 is 1.00 bits per heavy atom. The van der Waals surface area contributed by atoms with Crippen molar-refractivity contribution in [1.29, 1.82) is 0 Å². The maximum absolute atomic E-state index is 13.5. The molecule has 3 aromatic carbocycles. The number of aromatic nitrogens is 4. The maximum Gasteiger partial charge on any atom is 0.220 e. The Bertz CT molecular complexity index is 1780. The molecule has 4 aromatic rings. The van der Waals surface area contributed by atoms with Crippen LogP contribution in [0.25, 0.3) is 16.8 Å². The van der Waals surface area contributed by atoms with Gasteiger partial charge in [-0.25, -0.2) is 0 Å². The molecule has 13 heteroatoms. The van der Waals surface area contributed by atoms with E-state index in [1.165, 1.54) is 6.92 Å². The molecule has 13 nitrogen and oxygen atoms in total. The lowest BCUT2D eigenvalue weighted by Crippen LogP contribution is -2.26. The second-order valence-corrected chi connectivity index (χ2v) is 10.7. The first-order valence-corrected chi connectivity index (χ1v) is 14.9. The van der Waals surface area contributed by atoms with E-state index in [0.717, 1.165) is 22.4 Å². The van der Waals surface area contributed by atoms with E-state index in [0.29, 0.717) is 60.1 Å². The lowest BCUT2D eigenvalue weighted by Gasteiger charge is -2.19. The molecule has 240 valence electrons. The van der Waals surface area contributed by atoms with Gasteiger partial charge in [-0.05, 0) is 76.7 Å². The summed E-state index contributed by atoms with van der Waals surface area (Å²) in [6, 6.07) is 16.1. The number of ether oxygens (including phenoxy) is 3. The summed E-state index contributed by atoms with van der Waals surface area (Å²) in [5, 5.41) is 20.8. The third kappa shape index (κ3) is 6.93. The number of hydrogen-bond acceptors (Lipinski definition) is 10. The minimum atomic E-state index is -0.402. The predicted octanol–water partition coefficient (Wildman–Crippen LogP) is 3.35. The first kappa shape index (κ1) is 31.9. The molecule has 1 aliphatic rings. The molecule has 0 fully saturated rings. The second kappa shape index (κ2) is 14.5. The van der Waals surface area contributed by atoms with Crippen molar-refractivity contribution in [3.05, 3.63) is 81.8 Å². The Labute approximate surface area is 266 Å².